The average molecular weight is 278 g/mol. The van der Waals surface area contributed by atoms with Crippen LogP contribution in [0.5, 0.6) is 5.75 Å². The van der Waals surface area contributed by atoms with E-state index < -0.39 is 0 Å². The van der Waals surface area contributed by atoms with E-state index in [1.807, 2.05) is 24.3 Å². The van der Waals surface area contributed by atoms with Gasteiger partial charge in [0.15, 0.2) is 0 Å². The first-order valence-electron chi connectivity index (χ1n) is 6.97. The zero-order valence-corrected chi connectivity index (χ0v) is 11.9. The lowest BCUT2D eigenvalue weighted by atomic mass is 9.92. The summed E-state index contributed by atoms with van der Waals surface area (Å²) in [5, 5.41) is 0. The minimum absolute atomic E-state index is 0.114. The van der Waals surface area contributed by atoms with E-state index in [1.54, 1.807) is 12.0 Å². The van der Waals surface area contributed by atoms with Crippen LogP contribution in [0.3, 0.4) is 0 Å². The number of carbonyl (C=O) groups is 1. The SMILES string of the molecule is COCCN(CCN)C(=O)C1CCOc2ccccc21. The first-order chi connectivity index (χ1) is 9.77. The average Bonchev–Trinajstić information content (AvgIpc) is 2.50. The molecule has 0 bridgehead atoms. The van der Waals surface area contributed by atoms with E-state index in [-0.39, 0.29) is 11.8 Å². The fourth-order valence-corrected chi connectivity index (χ4v) is 2.51. The van der Waals surface area contributed by atoms with Gasteiger partial charge in [-0.05, 0) is 12.5 Å². The maximum Gasteiger partial charge on any atom is 0.230 e. The topological polar surface area (TPSA) is 64.8 Å². The van der Waals surface area contributed by atoms with Gasteiger partial charge in [0.1, 0.15) is 5.75 Å². The molecule has 20 heavy (non-hydrogen) atoms. The number of hydrogen-bond donors (Lipinski definition) is 1. The molecule has 2 N–H and O–H groups in total. The van der Waals surface area contributed by atoms with Crippen LogP contribution >= 0.6 is 0 Å². The molecular weight excluding hydrogens is 256 g/mol. The number of nitrogens with zero attached hydrogens (tertiary/aromatic N) is 1. The standard InChI is InChI=1S/C15H22N2O3/c1-19-11-9-17(8-7-16)15(18)13-6-10-20-14-5-3-2-4-12(13)14/h2-5,13H,6-11,16H2,1H3. The Bertz CT molecular complexity index is 450. The number of rotatable bonds is 6. The fourth-order valence-electron chi connectivity index (χ4n) is 2.51. The third-order valence-corrected chi connectivity index (χ3v) is 3.53. The first kappa shape index (κ1) is 14.8. The summed E-state index contributed by atoms with van der Waals surface area (Å²) in [6.45, 7) is 2.69. The molecule has 5 heteroatoms. The Labute approximate surface area is 119 Å². The molecular formula is C15H22N2O3. The Morgan fingerprint density at radius 2 is 2.25 bits per heavy atom. The van der Waals surface area contributed by atoms with Gasteiger partial charge in [-0.3, -0.25) is 4.79 Å². The Hall–Kier alpha value is -1.59. The van der Waals surface area contributed by atoms with Crippen LogP contribution in [-0.4, -0.2) is 50.8 Å². The van der Waals surface area contributed by atoms with E-state index in [0.29, 0.717) is 39.3 Å². The maximum absolute atomic E-state index is 12.7. The molecule has 1 heterocycles. The fraction of sp³-hybridized carbons (Fsp3) is 0.533. The van der Waals surface area contributed by atoms with Crippen molar-refractivity contribution in [1.82, 2.24) is 4.90 Å². The van der Waals surface area contributed by atoms with Crippen LogP contribution in [0.25, 0.3) is 0 Å². The van der Waals surface area contributed by atoms with E-state index in [1.165, 1.54) is 0 Å². The molecule has 0 aromatic heterocycles. The molecule has 1 atom stereocenters. The van der Waals surface area contributed by atoms with Crippen LogP contribution in [0.2, 0.25) is 0 Å². The molecule has 1 aromatic rings. The van der Waals surface area contributed by atoms with Gasteiger partial charge in [0.25, 0.3) is 0 Å². The molecule has 0 saturated carbocycles. The second-order valence-corrected chi connectivity index (χ2v) is 4.83. The van der Waals surface area contributed by atoms with Crippen molar-refractivity contribution in [3.63, 3.8) is 0 Å². The molecule has 2 rings (SSSR count). The van der Waals surface area contributed by atoms with Crippen molar-refractivity contribution in [2.75, 3.05) is 40.0 Å². The van der Waals surface area contributed by atoms with Crippen molar-refractivity contribution >= 4 is 5.91 Å². The van der Waals surface area contributed by atoms with Gasteiger partial charge < -0.3 is 20.1 Å². The molecule has 0 spiro atoms. The number of benzene rings is 1. The second kappa shape index (κ2) is 7.26. The van der Waals surface area contributed by atoms with E-state index >= 15 is 0 Å². The lowest BCUT2D eigenvalue weighted by Crippen LogP contribution is -2.41. The van der Waals surface area contributed by atoms with Gasteiger partial charge in [-0.15, -0.1) is 0 Å². The summed E-state index contributed by atoms with van der Waals surface area (Å²) in [6.07, 6.45) is 0.712. The highest BCUT2D eigenvalue weighted by Gasteiger charge is 2.30. The summed E-state index contributed by atoms with van der Waals surface area (Å²) >= 11 is 0. The molecule has 0 radical (unpaired) electrons. The minimum Gasteiger partial charge on any atom is -0.493 e. The molecule has 1 unspecified atom stereocenters. The highest BCUT2D eigenvalue weighted by molar-refractivity contribution is 5.84. The van der Waals surface area contributed by atoms with E-state index in [0.717, 1.165) is 11.3 Å². The molecule has 0 saturated heterocycles. The molecule has 5 nitrogen and oxygen atoms in total. The summed E-state index contributed by atoms with van der Waals surface area (Å²) in [5.41, 5.74) is 6.58. The van der Waals surface area contributed by atoms with E-state index in [2.05, 4.69) is 0 Å². The Morgan fingerprint density at radius 1 is 1.45 bits per heavy atom. The lowest BCUT2D eigenvalue weighted by Gasteiger charge is -2.30. The van der Waals surface area contributed by atoms with Crippen molar-refractivity contribution in [3.05, 3.63) is 29.8 Å². The van der Waals surface area contributed by atoms with Gasteiger partial charge in [0.05, 0.1) is 19.1 Å². The van der Waals surface area contributed by atoms with E-state index in [9.17, 15) is 4.79 Å². The van der Waals surface area contributed by atoms with Crippen LogP contribution < -0.4 is 10.5 Å². The maximum atomic E-state index is 12.7. The molecule has 1 aliphatic heterocycles. The number of ether oxygens (including phenoxy) is 2. The minimum atomic E-state index is -0.136. The van der Waals surface area contributed by atoms with Crippen molar-refractivity contribution in [3.8, 4) is 5.75 Å². The van der Waals surface area contributed by atoms with Crippen LogP contribution in [-0.2, 0) is 9.53 Å². The normalized spacial score (nSPS) is 17.2. The number of hydrogen-bond acceptors (Lipinski definition) is 4. The number of fused-ring (bicyclic) bond motifs is 1. The number of para-hydroxylation sites is 1. The van der Waals surface area contributed by atoms with Gasteiger partial charge >= 0.3 is 0 Å². The Morgan fingerprint density at radius 3 is 3.00 bits per heavy atom. The molecule has 0 fully saturated rings. The number of methoxy groups -OCH3 is 1. The summed E-state index contributed by atoms with van der Waals surface area (Å²) in [5.74, 6) is 0.795. The molecule has 1 amide bonds. The third-order valence-electron chi connectivity index (χ3n) is 3.53. The lowest BCUT2D eigenvalue weighted by molar-refractivity contribution is -0.134. The second-order valence-electron chi connectivity index (χ2n) is 4.83. The highest BCUT2D eigenvalue weighted by atomic mass is 16.5. The van der Waals surface area contributed by atoms with Crippen molar-refractivity contribution in [2.24, 2.45) is 5.73 Å². The summed E-state index contributed by atoms with van der Waals surface area (Å²) in [4.78, 5) is 14.5. The van der Waals surface area contributed by atoms with E-state index in [4.69, 9.17) is 15.2 Å². The van der Waals surface area contributed by atoms with Crippen molar-refractivity contribution in [2.45, 2.75) is 12.3 Å². The quantitative estimate of drug-likeness (QED) is 0.842. The summed E-state index contributed by atoms with van der Waals surface area (Å²) in [6, 6.07) is 7.75. The molecule has 110 valence electrons. The number of nitrogens with two attached hydrogens (primary N) is 1. The van der Waals surface area contributed by atoms with Gasteiger partial charge in [0.2, 0.25) is 5.91 Å². The van der Waals surface area contributed by atoms with Gasteiger partial charge in [-0.2, -0.15) is 0 Å². The van der Waals surface area contributed by atoms with Gasteiger partial charge in [0, 0.05) is 32.3 Å². The largest absolute Gasteiger partial charge is 0.493 e. The Kier molecular flexibility index (Phi) is 5.38. The van der Waals surface area contributed by atoms with Crippen molar-refractivity contribution < 1.29 is 14.3 Å². The highest BCUT2D eigenvalue weighted by Crippen LogP contribution is 2.34. The third kappa shape index (κ3) is 3.29. The Balaban J connectivity index is 2.15. The monoisotopic (exact) mass is 278 g/mol. The van der Waals surface area contributed by atoms with Crippen molar-refractivity contribution in [1.29, 1.82) is 0 Å². The number of amides is 1. The predicted octanol–water partition coefficient (Wildman–Crippen LogP) is 0.986. The summed E-state index contributed by atoms with van der Waals surface area (Å²) < 4.78 is 10.7. The molecule has 1 aromatic carbocycles. The zero-order chi connectivity index (χ0) is 14.4. The van der Waals surface area contributed by atoms with Crippen LogP contribution in [0.15, 0.2) is 24.3 Å². The predicted molar refractivity (Wildman–Crippen MR) is 76.8 cm³/mol. The summed E-state index contributed by atoms with van der Waals surface area (Å²) in [7, 11) is 1.63. The molecule has 1 aliphatic rings. The smallest absolute Gasteiger partial charge is 0.230 e. The van der Waals surface area contributed by atoms with Crippen LogP contribution in [0.1, 0.15) is 17.9 Å². The van der Waals surface area contributed by atoms with Crippen LogP contribution in [0.4, 0.5) is 0 Å². The van der Waals surface area contributed by atoms with Gasteiger partial charge in [-0.1, -0.05) is 18.2 Å². The first-order valence-corrected chi connectivity index (χ1v) is 6.97. The van der Waals surface area contributed by atoms with Crippen LogP contribution in [0, 0.1) is 0 Å². The van der Waals surface area contributed by atoms with Gasteiger partial charge in [-0.25, -0.2) is 0 Å². The number of carbonyl (C=O) groups excluding carboxylic acids is 1. The molecule has 0 aliphatic carbocycles. The zero-order valence-electron chi connectivity index (χ0n) is 11.9.